The lowest BCUT2D eigenvalue weighted by molar-refractivity contribution is -0.146. The van der Waals surface area contributed by atoms with Gasteiger partial charge in [0, 0.05) is 32.2 Å². The maximum absolute atomic E-state index is 12.9. The Morgan fingerprint density at radius 2 is 2.17 bits per heavy atom. The van der Waals surface area contributed by atoms with E-state index < -0.39 is 5.54 Å². The molecule has 0 radical (unpaired) electrons. The lowest BCUT2D eigenvalue weighted by Gasteiger charge is -2.36. The van der Waals surface area contributed by atoms with Crippen molar-refractivity contribution in [1.82, 2.24) is 30.0 Å². The first-order chi connectivity index (χ1) is 11.6. The van der Waals surface area contributed by atoms with Crippen LogP contribution in [0.4, 0.5) is 0 Å². The van der Waals surface area contributed by atoms with E-state index in [1.165, 1.54) is 6.20 Å². The topological polar surface area (TPSA) is 93.0 Å². The summed E-state index contributed by atoms with van der Waals surface area (Å²) in [6, 6.07) is 0. The van der Waals surface area contributed by atoms with Crippen LogP contribution in [0.2, 0.25) is 0 Å². The SMILES string of the molecule is CNC(=O)[C@]1(c2cnccn2)CCCN1C(=O)Cn1cc(C)cn1. The van der Waals surface area contributed by atoms with Crippen LogP contribution in [0.5, 0.6) is 0 Å². The summed E-state index contributed by atoms with van der Waals surface area (Å²) in [5.41, 5.74) is 0.366. The van der Waals surface area contributed by atoms with Crippen molar-refractivity contribution in [3.8, 4) is 0 Å². The first kappa shape index (κ1) is 16.1. The van der Waals surface area contributed by atoms with Crippen LogP contribution in [-0.4, -0.2) is 50.1 Å². The van der Waals surface area contributed by atoms with Crippen molar-refractivity contribution in [2.24, 2.45) is 0 Å². The third-order valence-electron chi connectivity index (χ3n) is 4.33. The summed E-state index contributed by atoms with van der Waals surface area (Å²) in [4.78, 5) is 35.6. The van der Waals surface area contributed by atoms with Crippen LogP contribution in [-0.2, 0) is 21.7 Å². The van der Waals surface area contributed by atoms with Crippen LogP contribution in [0, 0.1) is 6.92 Å². The minimum atomic E-state index is -1.11. The van der Waals surface area contributed by atoms with Gasteiger partial charge in [-0.3, -0.25) is 24.2 Å². The standard InChI is InChI=1S/C16H20N6O2/c1-12-8-20-21(10-12)11-14(23)22-7-3-4-16(22,15(24)17-2)13-9-18-5-6-19-13/h5-6,8-10H,3-4,7,11H2,1-2H3,(H,17,24)/t16-/m1/s1. The highest BCUT2D eigenvalue weighted by atomic mass is 16.2. The lowest BCUT2D eigenvalue weighted by Crippen LogP contribution is -2.55. The summed E-state index contributed by atoms with van der Waals surface area (Å²) >= 11 is 0. The molecule has 0 spiro atoms. The van der Waals surface area contributed by atoms with E-state index in [1.54, 1.807) is 41.4 Å². The number of aryl methyl sites for hydroxylation is 1. The van der Waals surface area contributed by atoms with E-state index in [0.29, 0.717) is 18.7 Å². The molecular formula is C16H20N6O2. The molecule has 0 saturated carbocycles. The summed E-state index contributed by atoms with van der Waals surface area (Å²) in [5, 5.41) is 6.83. The van der Waals surface area contributed by atoms with E-state index in [1.807, 2.05) is 6.92 Å². The molecule has 0 bridgehead atoms. The van der Waals surface area contributed by atoms with Gasteiger partial charge in [-0.25, -0.2) is 0 Å². The number of nitrogens with zero attached hydrogens (tertiary/aromatic N) is 5. The predicted molar refractivity (Wildman–Crippen MR) is 85.7 cm³/mol. The van der Waals surface area contributed by atoms with Gasteiger partial charge in [0.25, 0.3) is 5.91 Å². The molecule has 2 amide bonds. The summed E-state index contributed by atoms with van der Waals surface area (Å²) in [5.74, 6) is -0.407. The molecule has 1 saturated heterocycles. The molecule has 0 aromatic carbocycles. The second kappa shape index (κ2) is 6.38. The van der Waals surface area contributed by atoms with E-state index in [2.05, 4.69) is 20.4 Å². The van der Waals surface area contributed by atoms with Crippen LogP contribution in [0.25, 0.3) is 0 Å². The lowest BCUT2D eigenvalue weighted by atomic mass is 9.90. The summed E-state index contributed by atoms with van der Waals surface area (Å²) in [6.07, 6.45) is 9.40. The number of amides is 2. The number of carbonyl (C=O) groups is 2. The van der Waals surface area contributed by atoms with Crippen LogP contribution in [0.1, 0.15) is 24.1 Å². The average molecular weight is 328 g/mol. The molecule has 0 aliphatic carbocycles. The first-order valence-electron chi connectivity index (χ1n) is 7.86. The molecule has 1 aliphatic heterocycles. The van der Waals surface area contributed by atoms with Gasteiger partial charge in [-0.1, -0.05) is 0 Å². The van der Waals surface area contributed by atoms with Crippen LogP contribution >= 0.6 is 0 Å². The number of nitrogens with one attached hydrogen (secondary N) is 1. The molecule has 1 aliphatic rings. The van der Waals surface area contributed by atoms with Gasteiger partial charge in [-0.2, -0.15) is 5.10 Å². The second-order valence-electron chi connectivity index (χ2n) is 5.89. The van der Waals surface area contributed by atoms with Gasteiger partial charge < -0.3 is 10.2 Å². The van der Waals surface area contributed by atoms with Crippen molar-refractivity contribution in [1.29, 1.82) is 0 Å². The highest BCUT2D eigenvalue weighted by Gasteiger charge is 2.51. The number of likely N-dealkylation sites (tertiary alicyclic amines) is 1. The van der Waals surface area contributed by atoms with E-state index in [9.17, 15) is 9.59 Å². The monoisotopic (exact) mass is 328 g/mol. The van der Waals surface area contributed by atoms with Crippen molar-refractivity contribution < 1.29 is 9.59 Å². The van der Waals surface area contributed by atoms with Crippen molar-refractivity contribution in [3.63, 3.8) is 0 Å². The van der Waals surface area contributed by atoms with Gasteiger partial charge in [-0.15, -0.1) is 0 Å². The zero-order valence-electron chi connectivity index (χ0n) is 13.8. The molecule has 1 N–H and O–H groups in total. The second-order valence-corrected chi connectivity index (χ2v) is 5.89. The Kier molecular flexibility index (Phi) is 4.28. The van der Waals surface area contributed by atoms with E-state index in [-0.39, 0.29) is 18.4 Å². The fraction of sp³-hybridized carbons (Fsp3) is 0.438. The average Bonchev–Trinajstić information content (AvgIpc) is 3.22. The van der Waals surface area contributed by atoms with Gasteiger partial charge in [0.1, 0.15) is 6.54 Å². The molecular weight excluding hydrogens is 308 g/mol. The van der Waals surface area contributed by atoms with Crippen molar-refractivity contribution in [3.05, 3.63) is 42.2 Å². The van der Waals surface area contributed by atoms with Gasteiger partial charge in [0.15, 0.2) is 5.54 Å². The third-order valence-corrected chi connectivity index (χ3v) is 4.33. The predicted octanol–water partition coefficient (Wildman–Crippen LogP) is 0.245. The van der Waals surface area contributed by atoms with Crippen LogP contribution < -0.4 is 5.32 Å². The van der Waals surface area contributed by atoms with Crippen molar-refractivity contribution in [2.75, 3.05) is 13.6 Å². The summed E-state index contributed by atoms with van der Waals surface area (Å²) < 4.78 is 1.58. The zero-order chi connectivity index (χ0) is 17.2. The van der Waals surface area contributed by atoms with Crippen LogP contribution in [0.15, 0.2) is 31.0 Å². The Hall–Kier alpha value is -2.77. The Morgan fingerprint density at radius 3 is 2.79 bits per heavy atom. The number of hydrogen-bond donors (Lipinski definition) is 1. The molecule has 126 valence electrons. The maximum atomic E-state index is 12.9. The number of hydrogen-bond acceptors (Lipinski definition) is 5. The molecule has 8 heteroatoms. The van der Waals surface area contributed by atoms with Gasteiger partial charge in [0.2, 0.25) is 5.91 Å². The van der Waals surface area contributed by atoms with E-state index in [4.69, 9.17) is 0 Å². The van der Waals surface area contributed by atoms with Crippen molar-refractivity contribution in [2.45, 2.75) is 31.8 Å². The van der Waals surface area contributed by atoms with Gasteiger partial charge in [0.05, 0.1) is 18.1 Å². The normalized spacial score (nSPS) is 20.2. The molecule has 2 aromatic heterocycles. The Labute approximate surface area is 139 Å². The summed E-state index contributed by atoms with van der Waals surface area (Å²) in [6.45, 7) is 2.51. The first-order valence-corrected chi connectivity index (χ1v) is 7.86. The molecule has 3 heterocycles. The minimum Gasteiger partial charge on any atom is -0.357 e. The molecule has 2 aromatic rings. The maximum Gasteiger partial charge on any atom is 0.252 e. The Bertz CT molecular complexity index is 744. The molecule has 1 fully saturated rings. The molecule has 0 unspecified atom stereocenters. The largest absolute Gasteiger partial charge is 0.357 e. The van der Waals surface area contributed by atoms with Gasteiger partial charge >= 0.3 is 0 Å². The van der Waals surface area contributed by atoms with Crippen LogP contribution in [0.3, 0.4) is 0 Å². The fourth-order valence-corrected chi connectivity index (χ4v) is 3.27. The Morgan fingerprint density at radius 1 is 1.33 bits per heavy atom. The molecule has 24 heavy (non-hydrogen) atoms. The number of carbonyl (C=O) groups excluding carboxylic acids is 2. The third kappa shape index (κ3) is 2.64. The number of likely N-dealkylation sites (N-methyl/N-ethyl adjacent to an activating group) is 1. The highest BCUT2D eigenvalue weighted by molar-refractivity contribution is 5.92. The zero-order valence-corrected chi connectivity index (χ0v) is 13.8. The van der Waals surface area contributed by atoms with E-state index >= 15 is 0 Å². The smallest absolute Gasteiger partial charge is 0.252 e. The quantitative estimate of drug-likeness (QED) is 0.868. The molecule has 8 nitrogen and oxygen atoms in total. The fourth-order valence-electron chi connectivity index (χ4n) is 3.27. The van der Waals surface area contributed by atoms with Crippen molar-refractivity contribution >= 4 is 11.8 Å². The van der Waals surface area contributed by atoms with Gasteiger partial charge in [-0.05, 0) is 25.3 Å². The van der Waals surface area contributed by atoms with E-state index in [0.717, 1.165) is 12.0 Å². The minimum absolute atomic E-state index is 0.0901. The Balaban J connectivity index is 1.95. The number of aromatic nitrogens is 4. The highest BCUT2D eigenvalue weighted by Crippen LogP contribution is 2.38. The number of rotatable bonds is 4. The summed E-state index contributed by atoms with van der Waals surface area (Å²) in [7, 11) is 1.57. The molecule has 1 atom stereocenters. The molecule has 3 rings (SSSR count).